The van der Waals surface area contributed by atoms with Crippen LogP contribution in [0, 0.1) is 5.92 Å². The van der Waals surface area contributed by atoms with Crippen LogP contribution in [0.15, 0.2) is 6.20 Å². The van der Waals surface area contributed by atoms with Crippen molar-refractivity contribution in [2.75, 3.05) is 5.32 Å². The Labute approximate surface area is 118 Å². The molecule has 0 aliphatic carbocycles. The first-order chi connectivity index (χ1) is 9.19. The standard InChI is InChI=1S/C11H14ClF3N4O/c1-6(2)9(7(20)3-4-11(13,14)15)17-8-5-16-19-10(12)18-8/h5-6,9H,3-4H2,1-2H3,(H,17,18,19)/t9-/m1/s1. The lowest BCUT2D eigenvalue weighted by molar-refractivity contribution is -0.143. The van der Waals surface area contributed by atoms with Crippen LogP contribution in [0.5, 0.6) is 0 Å². The fourth-order valence-electron chi connectivity index (χ4n) is 1.55. The highest BCUT2D eigenvalue weighted by molar-refractivity contribution is 6.28. The molecule has 0 saturated carbocycles. The number of halogens is 4. The maximum atomic E-state index is 12.1. The summed E-state index contributed by atoms with van der Waals surface area (Å²) in [4.78, 5) is 15.7. The Hall–Kier alpha value is -1.44. The molecule has 0 aromatic carbocycles. The average molecular weight is 311 g/mol. The van der Waals surface area contributed by atoms with Crippen molar-refractivity contribution >= 4 is 23.2 Å². The number of rotatable bonds is 6. The van der Waals surface area contributed by atoms with E-state index in [1.54, 1.807) is 13.8 Å². The summed E-state index contributed by atoms with van der Waals surface area (Å²) in [6.45, 7) is 3.44. The maximum absolute atomic E-state index is 12.1. The molecule has 1 aromatic rings. The third-order valence-corrected chi connectivity index (χ3v) is 2.66. The van der Waals surface area contributed by atoms with E-state index in [0.717, 1.165) is 0 Å². The van der Waals surface area contributed by atoms with Crippen molar-refractivity contribution in [2.45, 2.75) is 38.9 Å². The first kappa shape index (κ1) is 16.6. The zero-order chi connectivity index (χ0) is 15.3. The highest BCUT2D eigenvalue weighted by Crippen LogP contribution is 2.23. The van der Waals surface area contributed by atoms with Gasteiger partial charge in [0.05, 0.1) is 18.7 Å². The molecule has 0 spiro atoms. The van der Waals surface area contributed by atoms with E-state index in [-0.39, 0.29) is 17.0 Å². The third-order valence-electron chi connectivity index (χ3n) is 2.50. The summed E-state index contributed by atoms with van der Waals surface area (Å²) < 4.78 is 36.4. The summed E-state index contributed by atoms with van der Waals surface area (Å²) >= 11 is 5.55. The van der Waals surface area contributed by atoms with E-state index in [9.17, 15) is 18.0 Å². The molecule has 1 rings (SSSR count). The Morgan fingerprint density at radius 1 is 1.45 bits per heavy atom. The maximum Gasteiger partial charge on any atom is 0.389 e. The zero-order valence-electron chi connectivity index (χ0n) is 10.9. The lowest BCUT2D eigenvalue weighted by atomic mass is 9.97. The van der Waals surface area contributed by atoms with Crippen LogP contribution in [-0.4, -0.2) is 33.2 Å². The third kappa shape index (κ3) is 5.68. The molecular weight excluding hydrogens is 297 g/mol. The fraction of sp³-hybridized carbons (Fsp3) is 0.636. The Kier molecular flexibility index (Phi) is 5.67. The lowest BCUT2D eigenvalue weighted by Gasteiger charge is -2.21. The van der Waals surface area contributed by atoms with Crippen LogP contribution < -0.4 is 5.32 Å². The normalized spacial score (nSPS) is 13.3. The van der Waals surface area contributed by atoms with Crippen LogP contribution in [0.1, 0.15) is 26.7 Å². The van der Waals surface area contributed by atoms with E-state index in [1.165, 1.54) is 6.20 Å². The van der Waals surface area contributed by atoms with Gasteiger partial charge in [-0.25, -0.2) is 0 Å². The molecule has 1 N–H and O–H groups in total. The molecule has 0 aliphatic heterocycles. The molecule has 5 nitrogen and oxygen atoms in total. The number of Topliss-reactive ketones (excluding diaryl/α,β-unsaturated/α-hetero) is 1. The van der Waals surface area contributed by atoms with Gasteiger partial charge in [-0.05, 0) is 17.5 Å². The summed E-state index contributed by atoms with van der Waals surface area (Å²) in [5, 5.41) is 9.61. The van der Waals surface area contributed by atoms with Crippen molar-refractivity contribution < 1.29 is 18.0 Å². The molecule has 0 radical (unpaired) electrons. The Bertz CT molecular complexity index is 467. The summed E-state index contributed by atoms with van der Waals surface area (Å²) in [6, 6.07) is -0.787. The molecule has 0 fully saturated rings. The second-order valence-corrected chi connectivity index (χ2v) is 4.90. The molecular formula is C11H14ClF3N4O. The van der Waals surface area contributed by atoms with Gasteiger partial charge in [0.25, 0.3) is 0 Å². The molecule has 112 valence electrons. The minimum Gasteiger partial charge on any atom is -0.359 e. The molecule has 0 aliphatic rings. The van der Waals surface area contributed by atoms with E-state index in [0.29, 0.717) is 0 Å². The number of hydrogen-bond donors (Lipinski definition) is 1. The van der Waals surface area contributed by atoms with Crippen LogP contribution in [0.3, 0.4) is 0 Å². The van der Waals surface area contributed by atoms with Gasteiger partial charge in [0.2, 0.25) is 5.28 Å². The Balaban J connectivity index is 2.72. The highest BCUT2D eigenvalue weighted by atomic mass is 35.5. The van der Waals surface area contributed by atoms with Gasteiger partial charge in [-0.1, -0.05) is 13.8 Å². The number of aromatic nitrogens is 3. The zero-order valence-corrected chi connectivity index (χ0v) is 11.7. The Morgan fingerprint density at radius 2 is 2.10 bits per heavy atom. The highest BCUT2D eigenvalue weighted by Gasteiger charge is 2.31. The monoisotopic (exact) mass is 310 g/mol. The summed E-state index contributed by atoms with van der Waals surface area (Å²) in [6.07, 6.45) is -4.82. The van der Waals surface area contributed by atoms with E-state index >= 15 is 0 Å². The van der Waals surface area contributed by atoms with Crippen molar-refractivity contribution in [3.05, 3.63) is 11.5 Å². The molecule has 0 bridgehead atoms. The van der Waals surface area contributed by atoms with Gasteiger partial charge in [-0.3, -0.25) is 4.79 Å². The summed E-state index contributed by atoms with van der Waals surface area (Å²) in [7, 11) is 0. The molecule has 1 heterocycles. The minimum absolute atomic E-state index is 0.111. The van der Waals surface area contributed by atoms with Crippen molar-refractivity contribution in [1.29, 1.82) is 0 Å². The van der Waals surface area contributed by atoms with Crippen LogP contribution in [-0.2, 0) is 4.79 Å². The quantitative estimate of drug-likeness (QED) is 0.875. The van der Waals surface area contributed by atoms with E-state index in [4.69, 9.17) is 11.6 Å². The number of nitrogens with one attached hydrogen (secondary N) is 1. The molecule has 0 amide bonds. The van der Waals surface area contributed by atoms with Crippen LogP contribution in [0.4, 0.5) is 19.0 Å². The second-order valence-electron chi connectivity index (χ2n) is 4.56. The molecule has 20 heavy (non-hydrogen) atoms. The van der Waals surface area contributed by atoms with Crippen molar-refractivity contribution in [3.8, 4) is 0 Å². The molecule has 9 heteroatoms. The predicted octanol–water partition coefficient (Wildman–Crippen LogP) is 2.87. The fourth-order valence-corrected chi connectivity index (χ4v) is 1.68. The number of nitrogens with zero attached hydrogens (tertiary/aromatic N) is 3. The molecule has 1 atom stereocenters. The van der Waals surface area contributed by atoms with E-state index in [2.05, 4.69) is 20.5 Å². The van der Waals surface area contributed by atoms with Crippen molar-refractivity contribution in [3.63, 3.8) is 0 Å². The first-order valence-electron chi connectivity index (χ1n) is 5.90. The largest absolute Gasteiger partial charge is 0.389 e. The number of anilines is 1. The topological polar surface area (TPSA) is 67.8 Å². The molecule has 0 saturated heterocycles. The van der Waals surface area contributed by atoms with Gasteiger partial charge in [0.1, 0.15) is 5.82 Å². The number of alkyl halides is 3. The van der Waals surface area contributed by atoms with E-state index in [1.807, 2.05) is 0 Å². The summed E-state index contributed by atoms with van der Waals surface area (Å²) in [5.41, 5.74) is 0. The van der Waals surface area contributed by atoms with Crippen molar-refractivity contribution in [1.82, 2.24) is 15.2 Å². The van der Waals surface area contributed by atoms with E-state index < -0.39 is 30.8 Å². The van der Waals surface area contributed by atoms with Gasteiger partial charge in [-0.2, -0.15) is 23.3 Å². The number of carbonyl (C=O) groups excluding carboxylic acids is 1. The van der Waals surface area contributed by atoms with Crippen molar-refractivity contribution in [2.24, 2.45) is 5.92 Å². The summed E-state index contributed by atoms with van der Waals surface area (Å²) in [5.74, 6) is -0.541. The van der Waals surface area contributed by atoms with Crippen LogP contribution in [0.2, 0.25) is 5.28 Å². The SMILES string of the molecule is CC(C)[C@@H](Nc1cnnc(Cl)n1)C(=O)CCC(F)(F)F. The second kappa shape index (κ2) is 6.83. The van der Waals surface area contributed by atoms with Gasteiger partial charge in [0, 0.05) is 6.42 Å². The lowest BCUT2D eigenvalue weighted by Crippen LogP contribution is -2.35. The minimum atomic E-state index is -4.35. The number of ketones is 1. The molecule has 0 unspecified atom stereocenters. The van der Waals surface area contributed by atoms with Gasteiger partial charge < -0.3 is 5.32 Å². The average Bonchev–Trinajstić information content (AvgIpc) is 2.32. The predicted molar refractivity (Wildman–Crippen MR) is 67.4 cm³/mol. The van der Waals surface area contributed by atoms with Crippen LogP contribution >= 0.6 is 11.6 Å². The van der Waals surface area contributed by atoms with Gasteiger partial charge in [0.15, 0.2) is 5.78 Å². The smallest absolute Gasteiger partial charge is 0.359 e. The first-order valence-corrected chi connectivity index (χ1v) is 6.28. The molecule has 1 aromatic heterocycles. The van der Waals surface area contributed by atoms with Gasteiger partial charge in [-0.15, -0.1) is 5.10 Å². The van der Waals surface area contributed by atoms with Gasteiger partial charge >= 0.3 is 6.18 Å². The number of carbonyl (C=O) groups is 1. The number of hydrogen-bond acceptors (Lipinski definition) is 5. The van der Waals surface area contributed by atoms with Crippen LogP contribution in [0.25, 0.3) is 0 Å². The Morgan fingerprint density at radius 3 is 2.60 bits per heavy atom.